The molecule has 100 valence electrons. The Labute approximate surface area is 111 Å². The van der Waals surface area contributed by atoms with E-state index in [1.807, 2.05) is 0 Å². The molecule has 1 aromatic carbocycles. The Balaban J connectivity index is 2.00. The number of hydrogen-bond donors (Lipinski definition) is 1. The van der Waals surface area contributed by atoms with E-state index in [0.717, 1.165) is 19.5 Å². The first-order chi connectivity index (χ1) is 8.44. The second kappa shape index (κ2) is 5.41. The number of nitrogens with one attached hydrogen (secondary N) is 1. The molecule has 1 N–H and O–H groups in total. The average molecular weight is 247 g/mol. The molecular weight excluding hydrogens is 222 g/mol. The van der Waals surface area contributed by atoms with Crippen molar-refractivity contribution in [2.24, 2.45) is 5.41 Å². The van der Waals surface area contributed by atoms with Gasteiger partial charge in [-0.05, 0) is 24.3 Å². The molecule has 1 aliphatic heterocycles. The Morgan fingerprint density at radius 1 is 1.17 bits per heavy atom. The van der Waals surface area contributed by atoms with Crippen LogP contribution < -0.4 is 5.32 Å². The monoisotopic (exact) mass is 247 g/mol. The third-order valence-corrected chi connectivity index (χ3v) is 3.35. The number of benzene rings is 1. The average Bonchev–Trinajstić information content (AvgIpc) is 2.28. The Kier molecular flexibility index (Phi) is 4.08. The van der Waals surface area contributed by atoms with Crippen molar-refractivity contribution in [1.82, 2.24) is 5.32 Å². The quantitative estimate of drug-likeness (QED) is 0.864. The van der Waals surface area contributed by atoms with Gasteiger partial charge in [-0.1, -0.05) is 50.6 Å². The van der Waals surface area contributed by atoms with Crippen LogP contribution in [0.2, 0.25) is 0 Å². The van der Waals surface area contributed by atoms with Crippen molar-refractivity contribution in [2.75, 3.05) is 13.1 Å². The van der Waals surface area contributed by atoms with Crippen LogP contribution in [0.1, 0.15) is 44.4 Å². The van der Waals surface area contributed by atoms with Gasteiger partial charge in [0.15, 0.2) is 0 Å². The van der Waals surface area contributed by atoms with Crippen molar-refractivity contribution in [3.8, 4) is 0 Å². The van der Waals surface area contributed by atoms with E-state index in [2.05, 4.69) is 57.3 Å². The molecule has 1 aromatic rings. The lowest BCUT2D eigenvalue weighted by atomic mass is 9.88. The Bertz CT molecular complexity index is 377. The normalized spacial score (nSPS) is 25.1. The van der Waals surface area contributed by atoms with Crippen molar-refractivity contribution >= 4 is 0 Å². The summed E-state index contributed by atoms with van der Waals surface area (Å²) in [5, 5.41) is 3.50. The topological polar surface area (TPSA) is 21.3 Å². The molecule has 0 aliphatic carbocycles. The fourth-order valence-corrected chi connectivity index (χ4v) is 2.48. The number of morpholine rings is 1. The summed E-state index contributed by atoms with van der Waals surface area (Å²) in [4.78, 5) is 0. The van der Waals surface area contributed by atoms with E-state index >= 15 is 0 Å². The lowest BCUT2D eigenvalue weighted by molar-refractivity contribution is -0.0552. The lowest BCUT2D eigenvalue weighted by Gasteiger charge is -2.34. The van der Waals surface area contributed by atoms with E-state index in [1.165, 1.54) is 11.1 Å². The van der Waals surface area contributed by atoms with E-state index in [0.29, 0.717) is 11.5 Å². The highest BCUT2D eigenvalue weighted by molar-refractivity contribution is 5.23. The summed E-state index contributed by atoms with van der Waals surface area (Å²) in [7, 11) is 0. The standard InChI is InChI=1S/C16H25NO/c1-12-5-7-13(8-6-12)15-11-17-10-14(18-15)9-16(2,3)4/h5-8,14-15,17H,9-11H2,1-4H3. The summed E-state index contributed by atoms with van der Waals surface area (Å²) in [6.07, 6.45) is 1.62. The molecule has 0 aromatic heterocycles. The minimum Gasteiger partial charge on any atom is -0.368 e. The molecule has 1 fully saturated rings. The van der Waals surface area contributed by atoms with E-state index in [-0.39, 0.29) is 6.10 Å². The van der Waals surface area contributed by atoms with Crippen LogP contribution >= 0.6 is 0 Å². The smallest absolute Gasteiger partial charge is 0.0953 e. The molecule has 0 spiro atoms. The van der Waals surface area contributed by atoms with Crippen molar-refractivity contribution < 1.29 is 4.74 Å². The van der Waals surface area contributed by atoms with Gasteiger partial charge in [-0.2, -0.15) is 0 Å². The molecule has 0 saturated carbocycles. The van der Waals surface area contributed by atoms with Crippen LogP contribution in [0.3, 0.4) is 0 Å². The number of ether oxygens (including phenoxy) is 1. The van der Waals surface area contributed by atoms with Crippen LogP contribution in [0.15, 0.2) is 24.3 Å². The second-order valence-corrected chi connectivity index (χ2v) is 6.58. The molecule has 2 heteroatoms. The summed E-state index contributed by atoms with van der Waals surface area (Å²) < 4.78 is 6.23. The Hall–Kier alpha value is -0.860. The molecule has 0 radical (unpaired) electrons. The number of aryl methyl sites for hydroxylation is 1. The molecule has 1 saturated heterocycles. The zero-order chi connectivity index (χ0) is 13.2. The highest BCUT2D eigenvalue weighted by Crippen LogP contribution is 2.28. The fraction of sp³-hybridized carbons (Fsp3) is 0.625. The molecule has 1 heterocycles. The third-order valence-electron chi connectivity index (χ3n) is 3.35. The summed E-state index contributed by atoms with van der Waals surface area (Å²) in [6.45, 7) is 10.8. The molecule has 18 heavy (non-hydrogen) atoms. The minimum atomic E-state index is 0.201. The van der Waals surface area contributed by atoms with Crippen LogP contribution in [-0.2, 0) is 4.74 Å². The summed E-state index contributed by atoms with van der Waals surface area (Å²) in [6, 6.07) is 8.68. The summed E-state index contributed by atoms with van der Waals surface area (Å²) >= 11 is 0. The van der Waals surface area contributed by atoms with Gasteiger partial charge in [-0.15, -0.1) is 0 Å². The van der Waals surface area contributed by atoms with E-state index < -0.39 is 0 Å². The van der Waals surface area contributed by atoms with Crippen molar-refractivity contribution in [2.45, 2.75) is 46.3 Å². The van der Waals surface area contributed by atoms with Gasteiger partial charge in [-0.3, -0.25) is 0 Å². The predicted molar refractivity (Wildman–Crippen MR) is 75.7 cm³/mol. The molecule has 0 bridgehead atoms. The zero-order valence-corrected chi connectivity index (χ0v) is 12.0. The molecule has 2 nitrogen and oxygen atoms in total. The van der Waals surface area contributed by atoms with Crippen molar-refractivity contribution in [3.05, 3.63) is 35.4 Å². The van der Waals surface area contributed by atoms with E-state index in [1.54, 1.807) is 0 Å². The van der Waals surface area contributed by atoms with Crippen LogP contribution in [0.4, 0.5) is 0 Å². The van der Waals surface area contributed by atoms with Gasteiger partial charge in [0.25, 0.3) is 0 Å². The SMILES string of the molecule is Cc1ccc(C2CNCC(CC(C)(C)C)O2)cc1. The predicted octanol–water partition coefficient (Wildman–Crippen LogP) is 3.46. The number of rotatable bonds is 2. The second-order valence-electron chi connectivity index (χ2n) is 6.58. The molecule has 2 atom stereocenters. The fourth-order valence-electron chi connectivity index (χ4n) is 2.48. The van der Waals surface area contributed by atoms with Crippen LogP contribution in [0.5, 0.6) is 0 Å². The van der Waals surface area contributed by atoms with Gasteiger partial charge < -0.3 is 10.1 Å². The lowest BCUT2D eigenvalue weighted by Crippen LogP contribution is -2.42. The van der Waals surface area contributed by atoms with E-state index in [9.17, 15) is 0 Å². The van der Waals surface area contributed by atoms with Gasteiger partial charge in [-0.25, -0.2) is 0 Å². The first-order valence-corrected chi connectivity index (χ1v) is 6.87. The molecular formula is C16H25NO. The third kappa shape index (κ3) is 3.82. The van der Waals surface area contributed by atoms with Crippen LogP contribution in [-0.4, -0.2) is 19.2 Å². The Morgan fingerprint density at radius 2 is 1.83 bits per heavy atom. The first-order valence-electron chi connectivity index (χ1n) is 6.87. The van der Waals surface area contributed by atoms with Gasteiger partial charge in [0.2, 0.25) is 0 Å². The maximum Gasteiger partial charge on any atom is 0.0953 e. The van der Waals surface area contributed by atoms with E-state index in [4.69, 9.17) is 4.74 Å². The van der Waals surface area contributed by atoms with Crippen molar-refractivity contribution in [1.29, 1.82) is 0 Å². The van der Waals surface area contributed by atoms with Gasteiger partial charge >= 0.3 is 0 Å². The van der Waals surface area contributed by atoms with Crippen LogP contribution in [0.25, 0.3) is 0 Å². The Morgan fingerprint density at radius 3 is 2.44 bits per heavy atom. The zero-order valence-electron chi connectivity index (χ0n) is 12.0. The van der Waals surface area contributed by atoms with Gasteiger partial charge in [0, 0.05) is 13.1 Å². The maximum absolute atomic E-state index is 6.23. The van der Waals surface area contributed by atoms with Gasteiger partial charge in [0.05, 0.1) is 12.2 Å². The summed E-state index contributed by atoms with van der Waals surface area (Å²) in [5.74, 6) is 0. The molecule has 1 aliphatic rings. The van der Waals surface area contributed by atoms with Crippen LogP contribution in [0, 0.1) is 12.3 Å². The maximum atomic E-state index is 6.23. The molecule has 0 amide bonds. The minimum absolute atomic E-state index is 0.201. The highest BCUT2D eigenvalue weighted by Gasteiger charge is 2.26. The first kappa shape index (κ1) is 13.6. The number of hydrogen-bond acceptors (Lipinski definition) is 2. The molecule has 2 unspecified atom stereocenters. The molecule has 2 rings (SSSR count). The van der Waals surface area contributed by atoms with Gasteiger partial charge in [0.1, 0.15) is 0 Å². The van der Waals surface area contributed by atoms with Crippen molar-refractivity contribution in [3.63, 3.8) is 0 Å². The largest absolute Gasteiger partial charge is 0.368 e. The highest BCUT2D eigenvalue weighted by atomic mass is 16.5. The summed E-state index contributed by atoms with van der Waals surface area (Å²) in [5.41, 5.74) is 2.90.